The smallest absolute Gasteiger partial charge is 0.0638 e. The van der Waals surface area contributed by atoms with E-state index in [1.807, 2.05) is 0 Å². The topological polar surface area (TPSA) is 29.9 Å². The number of rotatable bonds is 6. The fourth-order valence-corrected chi connectivity index (χ4v) is 1.73. The molecule has 3 nitrogen and oxygen atoms in total. The molecular weight excluding hydrogens is 210 g/mol. The molecule has 0 spiro atoms. The summed E-state index contributed by atoms with van der Waals surface area (Å²) in [6.07, 6.45) is 5.96. The maximum atomic E-state index is 4.56. The Morgan fingerprint density at radius 3 is 2.59 bits per heavy atom. The molecule has 0 atom stereocenters. The number of hydrogen-bond donors (Lipinski definition) is 1. The van der Waals surface area contributed by atoms with Gasteiger partial charge >= 0.3 is 0 Å². The van der Waals surface area contributed by atoms with Crippen LogP contribution in [0.1, 0.15) is 58.2 Å². The second-order valence-corrected chi connectivity index (χ2v) is 5.81. The first-order valence-electron chi connectivity index (χ1n) is 6.70. The number of aryl methyl sites for hydroxylation is 2. The molecule has 1 aromatic rings. The average Bonchev–Trinajstić information content (AvgIpc) is 2.56. The minimum absolute atomic E-state index is 0.163. The molecule has 0 fully saturated rings. The summed E-state index contributed by atoms with van der Waals surface area (Å²) in [4.78, 5) is 0. The Hall–Kier alpha value is -0.830. The molecule has 1 N–H and O–H groups in total. The van der Waals surface area contributed by atoms with Crippen LogP contribution >= 0.6 is 0 Å². The average molecular weight is 237 g/mol. The lowest BCUT2D eigenvalue weighted by atomic mass is 10.1. The lowest BCUT2D eigenvalue weighted by molar-refractivity contribution is 0.423. The first-order chi connectivity index (χ1) is 7.92. The lowest BCUT2D eigenvalue weighted by Crippen LogP contribution is -2.35. The minimum atomic E-state index is 0.163. The van der Waals surface area contributed by atoms with Gasteiger partial charge in [-0.2, -0.15) is 5.10 Å². The second kappa shape index (κ2) is 6.20. The molecule has 0 aromatic carbocycles. The second-order valence-electron chi connectivity index (χ2n) is 5.81. The fraction of sp³-hybridized carbons (Fsp3) is 0.786. The first-order valence-corrected chi connectivity index (χ1v) is 6.70. The quantitative estimate of drug-likeness (QED) is 0.770. The Labute approximate surface area is 106 Å². The van der Waals surface area contributed by atoms with E-state index in [0.29, 0.717) is 0 Å². The normalized spacial score (nSPS) is 12.1. The van der Waals surface area contributed by atoms with Crippen molar-refractivity contribution in [2.24, 2.45) is 0 Å². The third-order valence-corrected chi connectivity index (χ3v) is 2.85. The zero-order chi connectivity index (χ0) is 12.9. The highest BCUT2D eigenvalue weighted by molar-refractivity contribution is 5.15. The van der Waals surface area contributed by atoms with Crippen LogP contribution in [-0.2, 0) is 13.1 Å². The summed E-state index contributed by atoms with van der Waals surface area (Å²) < 4.78 is 2.09. The van der Waals surface area contributed by atoms with Gasteiger partial charge in [-0.15, -0.1) is 0 Å². The molecule has 0 amide bonds. The van der Waals surface area contributed by atoms with Gasteiger partial charge in [-0.3, -0.25) is 4.68 Å². The van der Waals surface area contributed by atoms with Crippen molar-refractivity contribution >= 4 is 0 Å². The number of nitrogens with zero attached hydrogens (tertiary/aromatic N) is 2. The summed E-state index contributed by atoms with van der Waals surface area (Å²) in [5.41, 5.74) is 2.63. The van der Waals surface area contributed by atoms with Crippen LogP contribution in [0.4, 0.5) is 0 Å². The summed E-state index contributed by atoms with van der Waals surface area (Å²) >= 11 is 0. The summed E-state index contributed by atoms with van der Waals surface area (Å²) in [6, 6.07) is 0. The maximum absolute atomic E-state index is 4.56. The number of nitrogens with one attached hydrogen (secondary N) is 1. The largest absolute Gasteiger partial charge is 0.308 e. The monoisotopic (exact) mass is 237 g/mol. The highest BCUT2D eigenvalue weighted by atomic mass is 15.3. The van der Waals surface area contributed by atoms with E-state index in [-0.39, 0.29) is 5.54 Å². The van der Waals surface area contributed by atoms with Gasteiger partial charge < -0.3 is 5.32 Å². The van der Waals surface area contributed by atoms with Crippen LogP contribution in [0.15, 0.2) is 6.20 Å². The molecule has 0 aliphatic heterocycles. The van der Waals surface area contributed by atoms with Crippen molar-refractivity contribution < 1.29 is 0 Å². The molecule has 1 aromatic heterocycles. The van der Waals surface area contributed by atoms with E-state index >= 15 is 0 Å². The van der Waals surface area contributed by atoms with Gasteiger partial charge in [0, 0.05) is 30.4 Å². The standard InChI is InChI=1S/C14H27N3/c1-6-7-8-9-17-11-13(12(2)16-17)10-15-14(3,4)5/h11,15H,6-10H2,1-5H3. The lowest BCUT2D eigenvalue weighted by Gasteiger charge is -2.20. The van der Waals surface area contributed by atoms with Crippen molar-refractivity contribution in [2.75, 3.05) is 0 Å². The molecule has 0 bridgehead atoms. The number of unbranched alkanes of at least 4 members (excludes halogenated alkanes) is 2. The van der Waals surface area contributed by atoms with Gasteiger partial charge in [0.05, 0.1) is 5.69 Å². The van der Waals surface area contributed by atoms with Gasteiger partial charge in [0.15, 0.2) is 0 Å². The molecule has 0 aliphatic carbocycles. The number of hydrogen-bond acceptors (Lipinski definition) is 2. The third kappa shape index (κ3) is 5.35. The molecule has 3 heteroatoms. The highest BCUT2D eigenvalue weighted by Crippen LogP contribution is 2.09. The minimum Gasteiger partial charge on any atom is -0.308 e. The Morgan fingerprint density at radius 2 is 2.00 bits per heavy atom. The van der Waals surface area contributed by atoms with Gasteiger partial charge in [0.25, 0.3) is 0 Å². The molecule has 17 heavy (non-hydrogen) atoms. The van der Waals surface area contributed by atoms with Crippen molar-refractivity contribution in [1.82, 2.24) is 15.1 Å². The predicted octanol–water partition coefficient (Wildman–Crippen LogP) is 3.27. The molecule has 1 heterocycles. The van der Waals surface area contributed by atoms with Crippen molar-refractivity contribution in [3.63, 3.8) is 0 Å². The Bertz CT molecular complexity index is 334. The Kier molecular flexibility index (Phi) is 5.19. The fourth-order valence-electron chi connectivity index (χ4n) is 1.73. The Balaban J connectivity index is 2.50. The zero-order valence-corrected chi connectivity index (χ0v) is 12.0. The molecule has 98 valence electrons. The van der Waals surface area contributed by atoms with E-state index in [0.717, 1.165) is 18.8 Å². The zero-order valence-electron chi connectivity index (χ0n) is 12.0. The SMILES string of the molecule is CCCCCn1cc(CNC(C)(C)C)c(C)n1. The maximum Gasteiger partial charge on any atom is 0.0638 e. The van der Waals surface area contributed by atoms with Crippen molar-refractivity contribution in [3.05, 3.63) is 17.5 Å². The Morgan fingerprint density at radius 1 is 1.29 bits per heavy atom. The van der Waals surface area contributed by atoms with Crippen LogP contribution in [0.2, 0.25) is 0 Å². The van der Waals surface area contributed by atoms with Gasteiger partial charge in [-0.05, 0) is 34.1 Å². The van der Waals surface area contributed by atoms with E-state index in [9.17, 15) is 0 Å². The molecule has 0 saturated heterocycles. The molecule has 0 aliphatic rings. The molecule has 1 rings (SSSR count). The van der Waals surface area contributed by atoms with Crippen LogP contribution in [0.5, 0.6) is 0 Å². The predicted molar refractivity (Wildman–Crippen MR) is 73.1 cm³/mol. The summed E-state index contributed by atoms with van der Waals surface area (Å²) in [5.74, 6) is 0. The van der Waals surface area contributed by atoms with Crippen LogP contribution < -0.4 is 5.32 Å². The van der Waals surface area contributed by atoms with Crippen molar-refractivity contribution in [3.8, 4) is 0 Å². The van der Waals surface area contributed by atoms with Crippen LogP contribution in [0.25, 0.3) is 0 Å². The molecule has 0 radical (unpaired) electrons. The van der Waals surface area contributed by atoms with Gasteiger partial charge in [-0.1, -0.05) is 19.8 Å². The highest BCUT2D eigenvalue weighted by Gasteiger charge is 2.11. The summed E-state index contributed by atoms with van der Waals surface area (Å²) in [7, 11) is 0. The first kappa shape index (κ1) is 14.2. The van der Waals surface area contributed by atoms with E-state index in [4.69, 9.17) is 0 Å². The summed E-state index contributed by atoms with van der Waals surface area (Å²) in [6.45, 7) is 12.8. The van der Waals surface area contributed by atoms with E-state index in [1.54, 1.807) is 0 Å². The van der Waals surface area contributed by atoms with Gasteiger partial charge in [0.2, 0.25) is 0 Å². The molecule has 0 saturated carbocycles. The van der Waals surface area contributed by atoms with Gasteiger partial charge in [-0.25, -0.2) is 0 Å². The summed E-state index contributed by atoms with van der Waals surface area (Å²) in [5, 5.41) is 8.07. The van der Waals surface area contributed by atoms with Crippen molar-refractivity contribution in [1.29, 1.82) is 0 Å². The van der Waals surface area contributed by atoms with Crippen molar-refractivity contribution in [2.45, 2.75) is 72.5 Å². The third-order valence-electron chi connectivity index (χ3n) is 2.85. The number of aromatic nitrogens is 2. The van der Waals surface area contributed by atoms with E-state index in [1.165, 1.54) is 24.8 Å². The van der Waals surface area contributed by atoms with Crippen LogP contribution in [0.3, 0.4) is 0 Å². The van der Waals surface area contributed by atoms with Crippen LogP contribution in [-0.4, -0.2) is 15.3 Å². The molecular formula is C14H27N3. The van der Waals surface area contributed by atoms with E-state index < -0.39 is 0 Å². The molecule has 0 unspecified atom stereocenters. The van der Waals surface area contributed by atoms with Gasteiger partial charge in [0.1, 0.15) is 0 Å². The van der Waals surface area contributed by atoms with Crippen LogP contribution in [0, 0.1) is 6.92 Å². The van der Waals surface area contributed by atoms with E-state index in [2.05, 4.69) is 55.9 Å².